The van der Waals surface area contributed by atoms with Crippen molar-refractivity contribution in [2.24, 2.45) is 0 Å². The molecule has 1 aliphatic rings. The maximum atomic E-state index is 13.0. The van der Waals surface area contributed by atoms with Crippen LogP contribution < -0.4 is 10.2 Å². The van der Waals surface area contributed by atoms with Crippen LogP contribution in [0.1, 0.15) is 38.2 Å². The quantitative estimate of drug-likeness (QED) is 0.738. The number of hydrogen-bond donors (Lipinski definition) is 1. The Bertz CT molecular complexity index is 766. The number of anilines is 3. The maximum absolute atomic E-state index is 13.0. The Morgan fingerprint density at radius 3 is 2.81 bits per heavy atom. The fourth-order valence-electron chi connectivity index (χ4n) is 3.25. The van der Waals surface area contributed by atoms with Gasteiger partial charge in [0.1, 0.15) is 5.82 Å². The third-order valence-electron chi connectivity index (χ3n) is 4.56. The number of nitrogens with one attached hydrogen (secondary N) is 1. The topological polar surface area (TPSA) is 41.1 Å². The SMILES string of the molecule is CCC1CCCCN1c1ccnc(Nc2ccc(Cl)c(C(F)(F)F)c2)n1. The molecule has 26 heavy (non-hydrogen) atoms. The molecule has 1 fully saturated rings. The molecule has 3 rings (SSSR count). The van der Waals surface area contributed by atoms with Crippen molar-refractivity contribution in [3.63, 3.8) is 0 Å². The van der Waals surface area contributed by atoms with Crippen molar-refractivity contribution in [3.8, 4) is 0 Å². The molecule has 1 saturated heterocycles. The molecule has 1 N–H and O–H groups in total. The van der Waals surface area contributed by atoms with Crippen LogP contribution in [-0.2, 0) is 6.18 Å². The van der Waals surface area contributed by atoms with Crippen molar-refractivity contribution in [3.05, 3.63) is 41.0 Å². The summed E-state index contributed by atoms with van der Waals surface area (Å²) in [5, 5.41) is 2.51. The minimum Gasteiger partial charge on any atom is -0.353 e. The number of benzene rings is 1. The molecular formula is C18H20ClF3N4. The Morgan fingerprint density at radius 2 is 2.08 bits per heavy atom. The highest BCUT2D eigenvalue weighted by molar-refractivity contribution is 6.31. The Morgan fingerprint density at radius 1 is 1.27 bits per heavy atom. The zero-order valence-electron chi connectivity index (χ0n) is 14.4. The molecule has 1 unspecified atom stereocenters. The molecule has 140 valence electrons. The Balaban J connectivity index is 1.83. The average molecular weight is 385 g/mol. The van der Waals surface area contributed by atoms with E-state index in [1.165, 1.54) is 18.6 Å². The highest BCUT2D eigenvalue weighted by Gasteiger charge is 2.33. The fourth-order valence-corrected chi connectivity index (χ4v) is 3.47. The number of alkyl halides is 3. The third-order valence-corrected chi connectivity index (χ3v) is 4.89. The maximum Gasteiger partial charge on any atom is 0.417 e. The standard InChI is InChI=1S/C18H20ClF3N4/c1-2-13-5-3-4-10-26(13)16-8-9-23-17(25-16)24-12-6-7-15(19)14(11-12)18(20,21)22/h6-9,11,13H,2-5,10H2,1H3,(H,23,24,25). The van der Waals surface area contributed by atoms with Gasteiger partial charge in [-0.2, -0.15) is 18.2 Å². The molecule has 8 heteroatoms. The van der Waals surface area contributed by atoms with E-state index in [1.54, 1.807) is 6.20 Å². The summed E-state index contributed by atoms with van der Waals surface area (Å²) in [5.41, 5.74) is -0.646. The van der Waals surface area contributed by atoms with Crippen molar-refractivity contribution in [1.82, 2.24) is 9.97 Å². The Hall–Kier alpha value is -2.02. The molecule has 0 bridgehead atoms. The summed E-state index contributed by atoms with van der Waals surface area (Å²) in [4.78, 5) is 10.9. The first-order valence-corrected chi connectivity index (χ1v) is 8.99. The van der Waals surface area contributed by atoms with Crippen LogP contribution in [0.4, 0.5) is 30.6 Å². The van der Waals surface area contributed by atoms with E-state index < -0.39 is 11.7 Å². The first kappa shape index (κ1) is 18.8. The first-order valence-electron chi connectivity index (χ1n) is 8.62. The molecule has 0 aliphatic carbocycles. The molecule has 1 aliphatic heterocycles. The van der Waals surface area contributed by atoms with Gasteiger partial charge in [0.25, 0.3) is 0 Å². The fraction of sp³-hybridized carbons (Fsp3) is 0.444. The van der Waals surface area contributed by atoms with E-state index in [-0.39, 0.29) is 16.7 Å². The molecule has 0 radical (unpaired) electrons. The molecule has 0 amide bonds. The van der Waals surface area contributed by atoms with Crippen molar-refractivity contribution < 1.29 is 13.2 Å². The van der Waals surface area contributed by atoms with Crippen LogP contribution in [0.3, 0.4) is 0 Å². The van der Waals surface area contributed by atoms with E-state index in [0.29, 0.717) is 6.04 Å². The first-order chi connectivity index (χ1) is 12.4. The van der Waals surface area contributed by atoms with E-state index in [2.05, 4.69) is 27.1 Å². The predicted molar refractivity (Wildman–Crippen MR) is 97.0 cm³/mol. The molecule has 1 aromatic heterocycles. The monoisotopic (exact) mass is 384 g/mol. The number of rotatable bonds is 4. The molecular weight excluding hydrogens is 365 g/mol. The highest BCUT2D eigenvalue weighted by atomic mass is 35.5. The lowest BCUT2D eigenvalue weighted by Gasteiger charge is -2.36. The molecule has 4 nitrogen and oxygen atoms in total. The number of hydrogen-bond acceptors (Lipinski definition) is 4. The lowest BCUT2D eigenvalue weighted by atomic mass is 10.0. The van der Waals surface area contributed by atoms with Gasteiger partial charge in [-0.1, -0.05) is 18.5 Å². The van der Waals surface area contributed by atoms with Crippen LogP contribution in [0.5, 0.6) is 0 Å². The summed E-state index contributed by atoms with van der Waals surface area (Å²) >= 11 is 5.66. The van der Waals surface area contributed by atoms with Gasteiger partial charge < -0.3 is 10.2 Å². The molecule has 2 heterocycles. The minimum absolute atomic E-state index is 0.240. The summed E-state index contributed by atoms with van der Waals surface area (Å²) in [5.74, 6) is 1.05. The molecule has 1 aromatic carbocycles. The molecule has 0 saturated carbocycles. The van der Waals surface area contributed by atoms with E-state index in [9.17, 15) is 13.2 Å². The number of nitrogens with zero attached hydrogens (tertiary/aromatic N) is 3. The van der Waals surface area contributed by atoms with Crippen molar-refractivity contribution in [2.75, 3.05) is 16.8 Å². The second kappa shape index (κ2) is 7.70. The molecule has 2 aromatic rings. The van der Waals surface area contributed by atoms with Crippen LogP contribution in [0.2, 0.25) is 5.02 Å². The second-order valence-corrected chi connectivity index (χ2v) is 6.71. The lowest BCUT2D eigenvalue weighted by molar-refractivity contribution is -0.137. The lowest BCUT2D eigenvalue weighted by Crippen LogP contribution is -2.39. The van der Waals surface area contributed by atoms with Gasteiger partial charge in [0.15, 0.2) is 0 Å². The van der Waals surface area contributed by atoms with E-state index in [4.69, 9.17) is 11.6 Å². The normalized spacial score (nSPS) is 18.0. The van der Waals surface area contributed by atoms with Crippen LogP contribution in [0.15, 0.2) is 30.5 Å². The number of piperidine rings is 1. The van der Waals surface area contributed by atoms with Gasteiger partial charge in [0.05, 0.1) is 10.6 Å². The van der Waals surface area contributed by atoms with Crippen molar-refractivity contribution in [1.29, 1.82) is 0 Å². The van der Waals surface area contributed by atoms with Crippen LogP contribution in [-0.4, -0.2) is 22.6 Å². The van der Waals surface area contributed by atoms with Gasteiger partial charge in [-0.15, -0.1) is 0 Å². The minimum atomic E-state index is -4.51. The Kier molecular flexibility index (Phi) is 5.55. The van der Waals surface area contributed by atoms with Crippen molar-refractivity contribution >= 4 is 29.1 Å². The van der Waals surface area contributed by atoms with Gasteiger partial charge >= 0.3 is 6.18 Å². The van der Waals surface area contributed by atoms with Crippen LogP contribution >= 0.6 is 11.6 Å². The van der Waals surface area contributed by atoms with Gasteiger partial charge in [0.2, 0.25) is 5.95 Å². The third kappa shape index (κ3) is 4.20. The van der Waals surface area contributed by atoms with Gasteiger partial charge in [0, 0.05) is 24.5 Å². The summed E-state index contributed by atoms with van der Waals surface area (Å²) in [7, 11) is 0. The van der Waals surface area contributed by atoms with Crippen LogP contribution in [0.25, 0.3) is 0 Å². The zero-order chi connectivity index (χ0) is 18.7. The molecule has 1 atom stereocenters. The predicted octanol–water partition coefficient (Wildman–Crippen LogP) is 5.66. The van der Waals surface area contributed by atoms with E-state index >= 15 is 0 Å². The largest absolute Gasteiger partial charge is 0.417 e. The smallest absolute Gasteiger partial charge is 0.353 e. The van der Waals surface area contributed by atoms with E-state index in [1.807, 2.05) is 6.07 Å². The number of aromatic nitrogens is 2. The van der Waals surface area contributed by atoms with Gasteiger partial charge in [-0.05, 0) is 49.9 Å². The summed E-state index contributed by atoms with van der Waals surface area (Å²) in [6, 6.07) is 5.92. The summed E-state index contributed by atoms with van der Waals surface area (Å²) in [6.07, 6.45) is 1.56. The van der Waals surface area contributed by atoms with Crippen LogP contribution in [0, 0.1) is 0 Å². The average Bonchev–Trinajstić information content (AvgIpc) is 2.62. The van der Waals surface area contributed by atoms with E-state index in [0.717, 1.165) is 37.7 Å². The number of halogens is 4. The Labute approximate surface area is 155 Å². The summed E-state index contributed by atoms with van der Waals surface area (Å²) < 4.78 is 39.0. The van der Waals surface area contributed by atoms with Crippen molar-refractivity contribution in [2.45, 2.75) is 44.8 Å². The second-order valence-electron chi connectivity index (χ2n) is 6.31. The zero-order valence-corrected chi connectivity index (χ0v) is 15.1. The van der Waals surface area contributed by atoms with Gasteiger partial charge in [-0.3, -0.25) is 0 Å². The molecule has 0 spiro atoms. The van der Waals surface area contributed by atoms with Gasteiger partial charge in [-0.25, -0.2) is 4.98 Å². The summed E-state index contributed by atoms with van der Waals surface area (Å²) in [6.45, 7) is 3.07. The highest BCUT2D eigenvalue weighted by Crippen LogP contribution is 2.36.